The van der Waals surface area contributed by atoms with Crippen LogP contribution in [0, 0.1) is 10.1 Å². The molecule has 0 saturated heterocycles. The van der Waals surface area contributed by atoms with Crippen LogP contribution in [0.3, 0.4) is 0 Å². The first kappa shape index (κ1) is 12.1. The van der Waals surface area contributed by atoms with E-state index in [1.807, 2.05) is 0 Å². The van der Waals surface area contributed by atoms with Gasteiger partial charge in [-0.15, -0.1) is 0 Å². The van der Waals surface area contributed by atoms with Gasteiger partial charge in [0.1, 0.15) is 5.69 Å². The predicted octanol–water partition coefficient (Wildman–Crippen LogP) is 3.10. The fraction of sp³-hybridized carbons (Fsp3) is 0. The van der Waals surface area contributed by atoms with E-state index >= 15 is 0 Å². The first-order valence-corrected chi connectivity index (χ1v) is 5.84. The number of nitro groups is 1. The number of nitrogens with zero attached hydrogens (tertiary/aromatic N) is 1. The Morgan fingerprint density at radius 2 is 2.17 bits per heavy atom. The summed E-state index contributed by atoms with van der Waals surface area (Å²) in [5.74, 6) is -1.21. The minimum atomic E-state index is -1.21. The first-order chi connectivity index (χ1) is 8.59. The summed E-state index contributed by atoms with van der Waals surface area (Å²) >= 11 is 1.41. The van der Waals surface area contributed by atoms with Gasteiger partial charge in [0.15, 0.2) is 0 Å². The van der Waals surface area contributed by atoms with Crippen molar-refractivity contribution in [1.29, 1.82) is 0 Å². The lowest BCUT2D eigenvalue weighted by Crippen LogP contribution is -2.05. The SMILES string of the molecule is O=C(O)c1cccc([N+](=O)[O-])c1Nc1ccsc1. The molecule has 0 saturated carbocycles. The average Bonchev–Trinajstić information content (AvgIpc) is 2.81. The molecule has 0 aliphatic carbocycles. The monoisotopic (exact) mass is 264 g/mol. The van der Waals surface area contributed by atoms with Crippen molar-refractivity contribution in [2.45, 2.75) is 0 Å². The molecule has 1 aromatic heterocycles. The molecular weight excluding hydrogens is 256 g/mol. The summed E-state index contributed by atoms with van der Waals surface area (Å²) in [6.07, 6.45) is 0. The molecule has 0 unspecified atom stereocenters. The van der Waals surface area contributed by atoms with E-state index < -0.39 is 10.9 Å². The zero-order chi connectivity index (χ0) is 13.1. The van der Waals surface area contributed by atoms with Crippen LogP contribution in [0.4, 0.5) is 17.1 Å². The number of aromatic carboxylic acids is 1. The summed E-state index contributed by atoms with van der Waals surface area (Å²) in [6, 6.07) is 5.65. The molecule has 0 fully saturated rings. The van der Waals surface area contributed by atoms with E-state index in [2.05, 4.69) is 5.32 Å². The van der Waals surface area contributed by atoms with Gasteiger partial charge in [-0.3, -0.25) is 10.1 Å². The summed E-state index contributed by atoms with van der Waals surface area (Å²) in [4.78, 5) is 21.4. The Balaban J connectivity index is 2.53. The number of rotatable bonds is 4. The van der Waals surface area contributed by atoms with Crippen molar-refractivity contribution in [3.05, 3.63) is 50.7 Å². The minimum absolute atomic E-state index is 0.00611. The van der Waals surface area contributed by atoms with Crippen molar-refractivity contribution in [3.63, 3.8) is 0 Å². The molecule has 0 atom stereocenters. The van der Waals surface area contributed by atoms with Crippen LogP contribution in [0.15, 0.2) is 35.0 Å². The van der Waals surface area contributed by atoms with Crippen molar-refractivity contribution in [1.82, 2.24) is 0 Å². The number of benzene rings is 1. The fourth-order valence-electron chi connectivity index (χ4n) is 1.48. The smallest absolute Gasteiger partial charge is 0.338 e. The summed E-state index contributed by atoms with van der Waals surface area (Å²) in [6.45, 7) is 0. The van der Waals surface area contributed by atoms with Gasteiger partial charge in [-0.1, -0.05) is 6.07 Å². The lowest BCUT2D eigenvalue weighted by atomic mass is 10.1. The molecule has 0 spiro atoms. The fourth-order valence-corrected chi connectivity index (χ4v) is 2.07. The average molecular weight is 264 g/mol. The molecule has 1 heterocycles. The van der Waals surface area contributed by atoms with E-state index in [9.17, 15) is 14.9 Å². The number of thiophene rings is 1. The van der Waals surface area contributed by atoms with E-state index in [0.717, 1.165) is 0 Å². The van der Waals surface area contributed by atoms with Crippen LogP contribution in [-0.2, 0) is 0 Å². The Kier molecular flexibility index (Phi) is 3.24. The summed E-state index contributed by atoms with van der Waals surface area (Å²) < 4.78 is 0. The zero-order valence-corrected chi connectivity index (χ0v) is 9.81. The Morgan fingerprint density at radius 1 is 1.39 bits per heavy atom. The summed E-state index contributed by atoms with van der Waals surface area (Å²) in [5, 5.41) is 26.2. The number of nitro benzene ring substituents is 1. The van der Waals surface area contributed by atoms with E-state index in [-0.39, 0.29) is 16.9 Å². The van der Waals surface area contributed by atoms with Crippen LogP contribution < -0.4 is 5.32 Å². The highest BCUT2D eigenvalue weighted by Crippen LogP contribution is 2.31. The molecule has 18 heavy (non-hydrogen) atoms. The third-order valence-electron chi connectivity index (χ3n) is 2.26. The lowest BCUT2D eigenvalue weighted by molar-refractivity contribution is -0.383. The number of carboxylic acids is 1. The molecule has 0 amide bonds. The van der Waals surface area contributed by atoms with Crippen molar-refractivity contribution >= 4 is 34.4 Å². The van der Waals surface area contributed by atoms with Gasteiger partial charge in [-0.05, 0) is 17.5 Å². The molecule has 0 bridgehead atoms. The zero-order valence-electron chi connectivity index (χ0n) is 8.99. The largest absolute Gasteiger partial charge is 0.478 e. The highest BCUT2D eigenvalue weighted by atomic mass is 32.1. The van der Waals surface area contributed by atoms with Crippen LogP contribution in [0.2, 0.25) is 0 Å². The molecule has 0 aliphatic rings. The molecule has 7 heteroatoms. The molecule has 0 radical (unpaired) electrons. The van der Waals surface area contributed by atoms with Crippen LogP contribution in [0.5, 0.6) is 0 Å². The van der Waals surface area contributed by atoms with Gasteiger partial charge >= 0.3 is 5.97 Å². The third kappa shape index (κ3) is 2.30. The van der Waals surface area contributed by atoms with Crippen LogP contribution in [0.25, 0.3) is 0 Å². The maximum Gasteiger partial charge on any atom is 0.338 e. The highest BCUT2D eigenvalue weighted by molar-refractivity contribution is 7.08. The number of para-hydroxylation sites is 1. The minimum Gasteiger partial charge on any atom is -0.478 e. The quantitative estimate of drug-likeness (QED) is 0.653. The Hall–Kier alpha value is -2.41. The normalized spacial score (nSPS) is 10.0. The lowest BCUT2D eigenvalue weighted by Gasteiger charge is -2.08. The van der Waals surface area contributed by atoms with Gasteiger partial charge in [-0.2, -0.15) is 11.3 Å². The Bertz CT molecular complexity index is 563. The van der Waals surface area contributed by atoms with E-state index in [4.69, 9.17) is 5.11 Å². The second-order valence-corrected chi connectivity index (χ2v) is 4.18. The maximum atomic E-state index is 11.1. The van der Waals surface area contributed by atoms with Crippen LogP contribution >= 0.6 is 11.3 Å². The van der Waals surface area contributed by atoms with Gasteiger partial charge < -0.3 is 10.4 Å². The number of carbonyl (C=O) groups is 1. The molecule has 92 valence electrons. The van der Waals surface area contributed by atoms with Gasteiger partial charge in [0.05, 0.1) is 10.5 Å². The van der Waals surface area contributed by atoms with Crippen molar-refractivity contribution in [2.75, 3.05) is 5.32 Å². The number of hydrogen-bond acceptors (Lipinski definition) is 5. The number of nitrogens with one attached hydrogen (secondary N) is 1. The van der Waals surface area contributed by atoms with Crippen LogP contribution in [0.1, 0.15) is 10.4 Å². The van der Waals surface area contributed by atoms with E-state index in [0.29, 0.717) is 5.69 Å². The summed E-state index contributed by atoms with van der Waals surface area (Å²) in [5.41, 5.74) is 0.224. The number of hydrogen-bond donors (Lipinski definition) is 2. The predicted molar refractivity (Wildman–Crippen MR) is 67.7 cm³/mol. The van der Waals surface area contributed by atoms with Crippen molar-refractivity contribution in [3.8, 4) is 0 Å². The molecule has 0 aliphatic heterocycles. The second kappa shape index (κ2) is 4.84. The number of anilines is 2. The second-order valence-electron chi connectivity index (χ2n) is 3.40. The van der Waals surface area contributed by atoms with Crippen molar-refractivity contribution < 1.29 is 14.8 Å². The van der Waals surface area contributed by atoms with Crippen molar-refractivity contribution in [2.24, 2.45) is 0 Å². The molecule has 1 aromatic carbocycles. The van der Waals surface area contributed by atoms with Gasteiger partial charge in [-0.25, -0.2) is 4.79 Å². The maximum absolute atomic E-state index is 11.1. The van der Waals surface area contributed by atoms with Crippen LogP contribution in [-0.4, -0.2) is 16.0 Å². The van der Waals surface area contributed by atoms with E-state index in [1.54, 1.807) is 16.8 Å². The molecule has 2 N–H and O–H groups in total. The third-order valence-corrected chi connectivity index (χ3v) is 2.94. The van der Waals surface area contributed by atoms with Gasteiger partial charge in [0.2, 0.25) is 0 Å². The molecular formula is C11H8N2O4S. The number of carboxylic acid groups (broad SMARTS) is 1. The standard InChI is InChI=1S/C11H8N2O4S/c14-11(15)8-2-1-3-9(13(16)17)10(8)12-7-4-5-18-6-7/h1-6,12H,(H,14,15). The molecule has 2 aromatic rings. The van der Waals surface area contributed by atoms with E-state index in [1.165, 1.54) is 29.5 Å². The summed E-state index contributed by atoms with van der Waals surface area (Å²) in [7, 11) is 0. The molecule has 2 rings (SSSR count). The van der Waals surface area contributed by atoms with Gasteiger partial charge in [0, 0.05) is 17.1 Å². The molecule has 6 nitrogen and oxygen atoms in total. The Morgan fingerprint density at radius 3 is 2.72 bits per heavy atom. The highest BCUT2D eigenvalue weighted by Gasteiger charge is 2.21. The topological polar surface area (TPSA) is 92.5 Å². The first-order valence-electron chi connectivity index (χ1n) is 4.89. The van der Waals surface area contributed by atoms with Gasteiger partial charge in [0.25, 0.3) is 5.69 Å². The Labute approximate surface area is 106 Å².